The predicted octanol–water partition coefficient (Wildman–Crippen LogP) is 4.31. The maximum Gasteiger partial charge on any atom is 0.419 e. The predicted molar refractivity (Wildman–Crippen MR) is 81.6 cm³/mol. The first-order valence-corrected chi connectivity index (χ1v) is 8.47. The molecule has 0 radical (unpaired) electrons. The van der Waals surface area contributed by atoms with Crippen LogP contribution in [-0.4, -0.2) is 34.4 Å². The summed E-state index contributed by atoms with van der Waals surface area (Å²) in [6.07, 6.45) is -10.2. The number of benzene rings is 1. The molecule has 0 aromatic heterocycles. The van der Waals surface area contributed by atoms with Crippen LogP contribution in [-0.2, 0) is 18.0 Å². The number of hydrogen-bond acceptors (Lipinski definition) is 3. The molecule has 0 saturated carbocycles. The summed E-state index contributed by atoms with van der Waals surface area (Å²) in [5.41, 5.74) is -5.04. The third-order valence-electron chi connectivity index (χ3n) is 4.40. The van der Waals surface area contributed by atoms with Gasteiger partial charge in [0.15, 0.2) is 5.60 Å². The molecular formula is C16H18F6O2S. The molecule has 0 fully saturated rings. The number of alkyl halides is 6. The number of rotatable bonds is 4. The van der Waals surface area contributed by atoms with Gasteiger partial charge in [0.2, 0.25) is 0 Å². The van der Waals surface area contributed by atoms with Crippen LogP contribution in [0.2, 0.25) is 0 Å². The van der Waals surface area contributed by atoms with Crippen LogP contribution in [0, 0.1) is 0 Å². The second kappa shape index (κ2) is 6.35. The maximum absolute atomic E-state index is 13.1. The smallest absolute Gasteiger partial charge is 0.393 e. The van der Waals surface area contributed by atoms with Crippen molar-refractivity contribution in [3.8, 4) is 0 Å². The largest absolute Gasteiger partial charge is 0.419 e. The van der Waals surface area contributed by atoms with E-state index in [1.165, 1.54) is 25.6 Å². The molecule has 1 aliphatic heterocycles. The Bertz CT molecular complexity index is 653. The average Bonchev–Trinajstić information content (AvgIpc) is 2.91. The molecule has 1 heterocycles. The zero-order chi connectivity index (χ0) is 19.3. The Balaban J connectivity index is 2.54. The maximum atomic E-state index is 13.1. The summed E-state index contributed by atoms with van der Waals surface area (Å²) in [7, 11) is 0. The van der Waals surface area contributed by atoms with Crippen LogP contribution < -0.4 is 0 Å². The summed E-state index contributed by atoms with van der Waals surface area (Å²) in [6, 6.07) is 1.87. The molecule has 1 aliphatic rings. The van der Waals surface area contributed by atoms with E-state index in [2.05, 4.69) is 0 Å². The summed E-state index contributed by atoms with van der Waals surface area (Å²) in [4.78, 5) is 0.400. The molecule has 1 atom stereocenters. The lowest BCUT2D eigenvalue weighted by molar-refractivity contribution is -0.277. The highest BCUT2D eigenvalue weighted by Crippen LogP contribution is 2.47. The average molecular weight is 388 g/mol. The van der Waals surface area contributed by atoms with Crippen molar-refractivity contribution in [2.45, 2.75) is 55.0 Å². The van der Waals surface area contributed by atoms with Crippen LogP contribution in [0.4, 0.5) is 26.3 Å². The van der Waals surface area contributed by atoms with E-state index in [1.54, 1.807) is 0 Å². The summed E-state index contributed by atoms with van der Waals surface area (Å²) < 4.78 is 78.7. The van der Waals surface area contributed by atoms with Gasteiger partial charge in [-0.1, -0.05) is 13.8 Å². The highest BCUT2D eigenvalue weighted by molar-refractivity contribution is 7.99. The van der Waals surface area contributed by atoms with Crippen molar-refractivity contribution in [2.24, 2.45) is 0 Å². The van der Waals surface area contributed by atoms with Crippen LogP contribution in [0.15, 0.2) is 17.0 Å². The molecule has 9 heteroatoms. The Hall–Kier alpha value is -0.930. The number of aliphatic hydroxyl groups is 2. The first-order valence-electron chi connectivity index (χ1n) is 7.49. The summed E-state index contributed by atoms with van der Waals surface area (Å²) >= 11 is 1.22. The van der Waals surface area contributed by atoms with E-state index in [0.717, 1.165) is 12.1 Å². The van der Waals surface area contributed by atoms with Crippen molar-refractivity contribution < 1.29 is 36.6 Å². The van der Waals surface area contributed by atoms with E-state index in [9.17, 15) is 31.4 Å². The standard InChI is InChI=1S/C16H18F6O2S/c1-13(2,7-14(24,8-23)16(20,21)22)11-5-9(15(17,18)19)6-12-10(11)3-4-25-12/h5-6,23-24H,3-4,7-8H2,1-2H3/t14-/m1/s1. The minimum Gasteiger partial charge on any atom is -0.393 e. The van der Waals surface area contributed by atoms with Gasteiger partial charge in [0.05, 0.1) is 12.2 Å². The van der Waals surface area contributed by atoms with Gasteiger partial charge in [0.25, 0.3) is 0 Å². The van der Waals surface area contributed by atoms with Gasteiger partial charge in [0, 0.05) is 10.6 Å². The Kier molecular flexibility index (Phi) is 5.18. The minimum absolute atomic E-state index is 0.124. The summed E-state index contributed by atoms with van der Waals surface area (Å²) in [5.74, 6) is 0.545. The van der Waals surface area contributed by atoms with Gasteiger partial charge in [-0.2, -0.15) is 26.3 Å². The van der Waals surface area contributed by atoms with Crippen LogP contribution in [0.5, 0.6) is 0 Å². The number of fused-ring (bicyclic) bond motifs is 1. The lowest BCUT2D eigenvalue weighted by Crippen LogP contribution is -2.52. The topological polar surface area (TPSA) is 40.5 Å². The van der Waals surface area contributed by atoms with Gasteiger partial charge in [-0.25, -0.2) is 0 Å². The molecule has 0 unspecified atom stereocenters. The summed E-state index contributed by atoms with van der Waals surface area (Å²) in [5, 5.41) is 18.9. The van der Waals surface area contributed by atoms with E-state index in [-0.39, 0.29) is 5.56 Å². The molecule has 0 aliphatic carbocycles. The lowest BCUT2D eigenvalue weighted by atomic mass is 9.72. The molecule has 0 amide bonds. The van der Waals surface area contributed by atoms with Crippen molar-refractivity contribution in [1.29, 1.82) is 0 Å². The highest BCUT2D eigenvalue weighted by atomic mass is 32.2. The molecule has 0 bridgehead atoms. The van der Waals surface area contributed by atoms with Crippen LogP contribution in [0.1, 0.15) is 37.0 Å². The van der Waals surface area contributed by atoms with E-state index < -0.39 is 42.0 Å². The lowest BCUT2D eigenvalue weighted by Gasteiger charge is -2.37. The van der Waals surface area contributed by atoms with Crippen molar-refractivity contribution in [2.75, 3.05) is 12.4 Å². The molecular weight excluding hydrogens is 370 g/mol. The van der Waals surface area contributed by atoms with E-state index >= 15 is 0 Å². The number of aliphatic hydroxyl groups excluding tert-OH is 1. The van der Waals surface area contributed by atoms with Crippen LogP contribution in [0.3, 0.4) is 0 Å². The van der Waals surface area contributed by atoms with Crippen molar-refractivity contribution in [1.82, 2.24) is 0 Å². The van der Waals surface area contributed by atoms with Crippen molar-refractivity contribution >= 4 is 11.8 Å². The number of hydrogen-bond donors (Lipinski definition) is 2. The molecule has 1 aromatic carbocycles. The first-order chi connectivity index (χ1) is 11.2. The molecule has 0 spiro atoms. The highest BCUT2D eigenvalue weighted by Gasteiger charge is 2.56. The second-order valence-corrected chi connectivity index (χ2v) is 7.98. The fourth-order valence-electron chi connectivity index (χ4n) is 3.13. The Morgan fingerprint density at radius 2 is 1.68 bits per heavy atom. The third-order valence-corrected chi connectivity index (χ3v) is 5.48. The molecule has 2 rings (SSSR count). The molecule has 25 heavy (non-hydrogen) atoms. The first kappa shape index (κ1) is 20.4. The molecule has 142 valence electrons. The summed E-state index contributed by atoms with van der Waals surface area (Å²) in [6.45, 7) is 1.13. The number of halogens is 6. The SMILES string of the molecule is CC(C)(C[C@@](O)(CO)C(F)(F)F)c1cc(C(F)(F)F)cc2c1CCS2. The normalized spacial score (nSPS) is 18.2. The van der Waals surface area contributed by atoms with Gasteiger partial charge in [-0.3, -0.25) is 0 Å². The third kappa shape index (κ3) is 3.93. The van der Waals surface area contributed by atoms with E-state index in [4.69, 9.17) is 5.11 Å². The van der Waals surface area contributed by atoms with Gasteiger partial charge in [-0.15, -0.1) is 11.8 Å². The Labute approximate surface area is 145 Å². The molecule has 2 nitrogen and oxygen atoms in total. The molecule has 0 saturated heterocycles. The quantitative estimate of drug-likeness (QED) is 0.756. The molecule has 1 aromatic rings. The van der Waals surface area contributed by atoms with Gasteiger partial charge >= 0.3 is 12.4 Å². The zero-order valence-electron chi connectivity index (χ0n) is 13.6. The van der Waals surface area contributed by atoms with Gasteiger partial charge < -0.3 is 10.2 Å². The fourth-order valence-corrected chi connectivity index (χ4v) is 4.26. The monoisotopic (exact) mass is 388 g/mol. The fraction of sp³-hybridized carbons (Fsp3) is 0.625. The van der Waals surface area contributed by atoms with E-state index in [0.29, 0.717) is 22.6 Å². The van der Waals surface area contributed by atoms with E-state index in [1.807, 2.05) is 0 Å². The Morgan fingerprint density at radius 1 is 1.08 bits per heavy atom. The zero-order valence-corrected chi connectivity index (χ0v) is 14.4. The van der Waals surface area contributed by atoms with Crippen LogP contribution >= 0.6 is 11.8 Å². The molecule has 2 N–H and O–H groups in total. The minimum atomic E-state index is -5.10. The van der Waals surface area contributed by atoms with Gasteiger partial charge in [-0.05, 0) is 41.5 Å². The van der Waals surface area contributed by atoms with Crippen LogP contribution in [0.25, 0.3) is 0 Å². The van der Waals surface area contributed by atoms with Crippen molar-refractivity contribution in [3.05, 3.63) is 28.8 Å². The van der Waals surface area contributed by atoms with Gasteiger partial charge in [0.1, 0.15) is 0 Å². The van der Waals surface area contributed by atoms with Crippen molar-refractivity contribution in [3.63, 3.8) is 0 Å². The number of thioether (sulfide) groups is 1. The Morgan fingerprint density at radius 3 is 2.16 bits per heavy atom. The second-order valence-electron chi connectivity index (χ2n) is 6.84.